The minimum absolute atomic E-state index is 0.00600. The summed E-state index contributed by atoms with van der Waals surface area (Å²) in [6, 6.07) is 5.16. The summed E-state index contributed by atoms with van der Waals surface area (Å²) in [5.41, 5.74) is 12.2. The molecule has 0 aromatic heterocycles. The molecular weight excluding hydrogens is 1580 g/mol. The number of phenolic OH excluding ortho intramolecular Hbond substituents is 1. The molecule has 0 bridgehead atoms. The summed E-state index contributed by atoms with van der Waals surface area (Å²) in [5, 5.41) is 47.3. The quantitative estimate of drug-likeness (QED) is 0.0151. The third kappa shape index (κ3) is 36.1. The molecule has 0 unspecified atom stereocenters. The van der Waals surface area contributed by atoms with Crippen molar-refractivity contribution in [3.05, 3.63) is 95.6 Å². The Kier molecular flexibility index (Phi) is 41.0. The summed E-state index contributed by atoms with van der Waals surface area (Å²) < 4.78 is 38.0. The predicted molar refractivity (Wildman–Crippen MR) is 425 cm³/mol. The average Bonchev–Trinajstić information content (AvgIpc) is 1.69. The number of benzene rings is 3. The van der Waals surface area contributed by atoms with Crippen LogP contribution in [0.3, 0.4) is 0 Å². The van der Waals surface area contributed by atoms with Crippen LogP contribution < -0.4 is 90.4 Å². The number of amides is 16. The van der Waals surface area contributed by atoms with Crippen LogP contribution in [-0.2, 0) is 110 Å². The van der Waals surface area contributed by atoms with Crippen LogP contribution in [0, 0.1) is 5.92 Å². The Balaban J connectivity index is 0.967. The Labute approximate surface area is 686 Å². The number of thioether (sulfide) groups is 1. The molecule has 3 saturated heterocycles. The van der Waals surface area contributed by atoms with Crippen molar-refractivity contribution in [3.8, 4) is 11.5 Å². The fourth-order valence-corrected chi connectivity index (χ4v) is 14.4. The molecule has 16 amide bonds. The number of rotatable bonds is 43. The minimum Gasteiger partial charge on any atom is -0.508 e. The molecule has 42 heteroatoms. The van der Waals surface area contributed by atoms with E-state index >= 15 is 0 Å². The molecule has 118 heavy (non-hydrogen) atoms. The van der Waals surface area contributed by atoms with Crippen molar-refractivity contribution in [1.82, 2.24) is 74.4 Å². The summed E-state index contributed by atoms with van der Waals surface area (Å²) in [4.78, 5) is 221. The van der Waals surface area contributed by atoms with Gasteiger partial charge in [-0.15, -0.1) is 0 Å². The smallest absolute Gasteiger partial charge is 0.508 e. The molecule has 6 rings (SSSR count). The zero-order valence-electron chi connectivity index (χ0n) is 66.3. The highest BCUT2D eigenvalue weighted by molar-refractivity contribution is 8.00. The normalized spacial score (nSPS) is 22.0. The van der Waals surface area contributed by atoms with Crippen LogP contribution in [-0.4, -0.2) is 254 Å². The Morgan fingerprint density at radius 1 is 0.500 bits per heavy atom. The van der Waals surface area contributed by atoms with Crippen molar-refractivity contribution in [2.75, 3.05) is 78.2 Å². The highest BCUT2D eigenvalue weighted by Gasteiger charge is 2.43. The number of primary amides is 2. The molecule has 650 valence electrons. The van der Waals surface area contributed by atoms with E-state index in [4.69, 9.17) is 30.4 Å². The summed E-state index contributed by atoms with van der Waals surface area (Å²) >= 11 is 1.86. The number of urea groups is 1. The van der Waals surface area contributed by atoms with Crippen LogP contribution in [0.25, 0.3) is 0 Å². The molecule has 0 aliphatic carbocycles. The van der Waals surface area contributed by atoms with Gasteiger partial charge in [0.1, 0.15) is 79.1 Å². The van der Waals surface area contributed by atoms with E-state index < -0.39 is 171 Å². The maximum absolute atomic E-state index is 14.6. The van der Waals surface area contributed by atoms with Crippen molar-refractivity contribution >= 4 is 108 Å². The number of hydrogen-bond acceptors (Lipinski definition) is 23. The van der Waals surface area contributed by atoms with Crippen LogP contribution in [0.2, 0.25) is 0 Å². The van der Waals surface area contributed by atoms with Crippen molar-refractivity contribution in [2.24, 2.45) is 17.4 Å². The second-order valence-electron chi connectivity index (χ2n) is 28.8. The van der Waals surface area contributed by atoms with Gasteiger partial charge in [0.15, 0.2) is 0 Å². The minimum atomic E-state index is -5.02. The standard InChI is InChI=1S/C76H111N16O24PS/c1-44(2)65-75(107)85-53(26-27-62(96)80-29-31-112-33-35-114-41-63(97)81-30-32-113-34-36-115-42-64(98)84-52(67(78)99)15-11-12-28-79-61(95)17-10-6-9-16-59-66-58(43-118-59)90-76(108)92-66)70(102)83-45(3)68(100)82-46(4)69(101)86-54(39-49-20-24-51(25-21-49)116-117(109,110)111)71(103)87-55(38-48-18-22-50(93)23-19-48)72(104)89-57(40-60(77)94)73(105)88-56(74(106)91-65)37-47-13-7-5-8-14-47/h5,7-8,13-14,18-25,44-46,52-59,65-66,93H,6,9-12,15-17,26-43H2,1-4H3,(H2,77,94)(H2,78,99)(H,79,95)(H,80,96)(H,81,97)(H,82,100)(H,83,102)(H,84,98)(H,85,107)(H,86,101)(H,87,103)(H,88,105)(H,89,104)(H,91,106)(H2,90,92,108)(H2,109,110,111)/t45-,46-,52-,53-,54-,55-,56-,57-,58-,59-,65-,66-/m0/s1. The lowest BCUT2D eigenvalue weighted by Gasteiger charge is -2.29. The van der Waals surface area contributed by atoms with Gasteiger partial charge < -0.3 is 114 Å². The van der Waals surface area contributed by atoms with Crippen LogP contribution in [0.15, 0.2) is 78.9 Å². The molecular formula is C76H111N16O24PS. The largest absolute Gasteiger partial charge is 0.524 e. The number of hydrogen-bond donors (Lipinski definition) is 19. The number of phenols is 1. The number of aromatic hydroxyl groups is 1. The van der Waals surface area contributed by atoms with Gasteiger partial charge in [0.2, 0.25) is 82.7 Å². The topological polar surface area (TPSA) is 600 Å². The second kappa shape index (κ2) is 50.3. The van der Waals surface area contributed by atoms with Crippen molar-refractivity contribution < 1.29 is 115 Å². The van der Waals surface area contributed by atoms with E-state index in [0.29, 0.717) is 42.2 Å². The SMILES string of the molecule is CC(C)[C@@H]1NC(=O)[C@H](Cc2ccccc2)NC(=O)[C@H](CC(N)=O)NC(=O)[C@H](Cc2ccc(O)cc2)NC(=O)[C@H](Cc2ccc(OP(=O)(O)O)cc2)NC(=O)[C@H](C)NC(=O)[C@H](C)NC(=O)[C@H](CCC(=O)NCCOCCOCC(=O)NCCOCCOCC(=O)N[C@@H](CCCCNC(=O)CCCCC[C@@H]2SC[C@@H]3NC(=O)N[C@@H]32)C(N)=O)NC1=O. The zero-order valence-corrected chi connectivity index (χ0v) is 68.0. The fourth-order valence-electron chi connectivity index (χ4n) is 12.5. The van der Waals surface area contributed by atoms with Crippen molar-refractivity contribution in [3.63, 3.8) is 0 Å². The fraction of sp³-hybridized carbons (Fsp3) is 0.566. The van der Waals surface area contributed by atoms with Gasteiger partial charge in [0.25, 0.3) is 0 Å². The molecule has 0 spiro atoms. The number of unbranched alkanes of at least 4 members (excludes halogenated alkanes) is 3. The lowest BCUT2D eigenvalue weighted by Crippen LogP contribution is -2.62. The van der Waals surface area contributed by atoms with Gasteiger partial charge in [-0.2, -0.15) is 11.8 Å². The number of phosphoric acid groups is 1. The van der Waals surface area contributed by atoms with Gasteiger partial charge in [-0.05, 0) is 99.2 Å². The molecule has 3 aromatic carbocycles. The highest BCUT2D eigenvalue weighted by Crippen LogP contribution is 2.37. The first-order valence-corrected chi connectivity index (χ1v) is 41.5. The highest BCUT2D eigenvalue weighted by atomic mass is 32.2. The van der Waals surface area contributed by atoms with Crippen molar-refractivity contribution in [1.29, 1.82) is 0 Å². The molecule has 40 nitrogen and oxygen atoms in total. The predicted octanol–water partition coefficient (Wildman–Crippen LogP) is -3.19. The monoisotopic (exact) mass is 1690 g/mol. The molecule has 0 radical (unpaired) electrons. The first-order valence-electron chi connectivity index (χ1n) is 39.0. The van der Waals surface area contributed by atoms with Gasteiger partial charge in [0, 0.05) is 62.7 Å². The van der Waals surface area contributed by atoms with Gasteiger partial charge in [-0.1, -0.05) is 81.3 Å². The maximum atomic E-state index is 14.6. The lowest BCUT2D eigenvalue weighted by molar-refractivity contribution is -0.137. The third-order valence-corrected chi connectivity index (χ3v) is 20.8. The second-order valence-corrected chi connectivity index (χ2v) is 31.3. The molecule has 12 atom stereocenters. The van der Waals surface area contributed by atoms with Crippen LogP contribution >= 0.6 is 19.6 Å². The average molecular weight is 1700 g/mol. The summed E-state index contributed by atoms with van der Waals surface area (Å²) in [5.74, 6) is -11.9. The zero-order chi connectivity index (χ0) is 86.3. The van der Waals surface area contributed by atoms with Gasteiger partial charge >= 0.3 is 13.9 Å². The van der Waals surface area contributed by atoms with Crippen LogP contribution in [0.1, 0.15) is 115 Å². The molecule has 3 fully saturated rings. The summed E-state index contributed by atoms with van der Waals surface area (Å²) in [7, 11) is -5.02. The maximum Gasteiger partial charge on any atom is 0.524 e. The third-order valence-electron chi connectivity index (χ3n) is 18.8. The van der Waals surface area contributed by atoms with E-state index in [1.165, 1.54) is 62.4 Å². The first kappa shape index (κ1) is 96.3. The summed E-state index contributed by atoms with van der Waals surface area (Å²) in [6.45, 7) is 5.57. The van der Waals surface area contributed by atoms with Crippen LogP contribution in [0.5, 0.6) is 11.5 Å². The molecule has 3 aliphatic heterocycles. The van der Waals surface area contributed by atoms with E-state index in [9.17, 15) is 91.4 Å². The van der Waals surface area contributed by atoms with Gasteiger partial charge in [-0.3, -0.25) is 76.9 Å². The Morgan fingerprint density at radius 2 is 0.992 bits per heavy atom. The molecule has 3 heterocycles. The number of nitrogens with two attached hydrogens (primary N) is 2. The lowest BCUT2D eigenvalue weighted by atomic mass is 9.99. The van der Waals surface area contributed by atoms with E-state index in [0.717, 1.165) is 31.4 Å². The van der Waals surface area contributed by atoms with Crippen LogP contribution in [0.4, 0.5) is 4.79 Å². The molecule has 21 N–H and O–H groups in total. The summed E-state index contributed by atoms with van der Waals surface area (Å²) in [6.07, 6.45) is 2.68. The van der Waals surface area contributed by atoms with E-state index in [1.807, 2.05) is 11.8 Å². The Hall–Kier alpha value is -10.5. The Morgan fingerprint density at radius 3 is 1.58 bits per heavy atom. The van der Waals surface area contributed by atoms with Gasteiger partial charge in [-0.25, -0.2) is 9.36 Å². The van der Waals surface area contributed by atoms with Crippen molar-refractivity contribution in [2.45, 2.75) is 189 Å². The molecule has 0 saturated carbocycles. The molecule has 3 aromatic rings. The Bertz CT molecular complexity index is 3930. The van der Waals surface area contributed by atoms with E-state index in [2.05, 4.69) is 79.0 Å². The van der Waals surface area contributed by atoms with E-state index in [1.54, 1.807) is 44.2 Å². The number of fused-ring (bicyclic) bond motifs is 1. The molecule has 3 aliphatic rings. The number of phosphoric ester groups is 1. The van der Waals surface area contributed by atoms with E-state index in [-0.39, 0.29) is 126 Å². The number of ether oxygens (including phenoxy) is 4. The number of nitrogens with one attached hydrogen (secondary N) is 14. The first-order chi connectivity index (χ1) is 56.2. The van der Waals surface area contributed by atoms with Gasteiger partial charge in [0.05, 0.1) is 58.1 Å². The number of carbonyl (C=O) groups is 15. The number of carbonyl (C=O) groups excluding carboxylic acids is 15.